The van der Waals surface area contributed by atoms with E-state index in [0.29, 0.717) is 51.5 Å². The number of hydrogen-bond acceptors (Lipinski definition) is 6. The molecule has 0 atom stereocenters. The van der Waals surface area contributed by atoms with E-state index in [1.807, 2.05) is 26.0 Å². The van der Waals surface area contributed by atoms with Gasteiger partial charge in [0.25, 0.3) is 5.91 Å². The summed E-state index contributed by atoms with van der Waals surface area (Å²) < 4.78 is 12.1. The first-order chi connectivity index (χ1) is 15.9. The fraction of sp³-hybridized carbons (Fsp3) is 0.208. The van der Waals surface area contributed by atoms with Crippen LogP contribution in [0.5, 0.6) is 11.5 Å². The van der Waals surface area contributed by atoms with E-state index < -0.39 is 5.97 Å². The number of ether oxygens (including phenoxy) is 2. The highest BCUT2D eigenvalue weighted by atomic mass is 79.9. The van der Waals surface area contributed by atoms with Crippen LogP contribution in [0.1, 0.15) is 29.8 Å². The molecule has 2 aromatic carbocycles. The van der Waals surface area contributed by atoms with Crippen molar-refractivity contribution >= 4 is 56.5 Å². The number of thioether (sulfide) groups is 1. The first-order valence-corrected chi connectivity index (χ1v) is 11.8. The second-order valence-electron chi connectivity index (χ2n) is 6.77. The van der Waals surface area contributed by atoms with Crippen LogP contribution in [0.2, 0.25) is 0 Å². The van der Waals surface area contributed by atoms with E-state index in [-0.39, 0.29) is 11.5 Å². The molecule has 1 heterocycles. The largest absolute Gasteiger partial charge is 0.490 e. The molecular weight excluding hydrogens is 508 g/mol. The smallest absolute Gasteiger partial charge is 0.335 e. The van der Waals surface area contributed by atoms with Crippen LogP contribution >= 0.6 is 27.7 Å². The number of carboxylic acid groups (broad SMARTS) is 1. The summed E-state index contributed by atoms with van der Waals surface area (Å²) in [5, 5.41) is 9.59. The lowest BCUT2D eigenvalue weighted by molar-refractivity contribution is -0.122. The Morgan fingerprint density at radius 2 is 1.97 bits per heavy atom. The molecule has 2 aromatic rings. The molecule has 1 N–H and O–H groups in total. The third kappa shape index (κ3) is 5.85. The molecule has 9 heteroatoms. The minimum absolute atomic E-state index is 0.149. The summed E-state index contributed by atoms with van der Waals surface area (Å²) in [6.45, 7) is 8.69. The van der Waals surface area contributed by atoms with Crippen molar-refractivity contribution in [2.75, 3.05) is 19.8 Å². The normalized spacial score (nSPS) is 15.8. The third-order valence-electron chi connectivity index (χ3n) is 4.52. The second kappa shape index (κ2) is 11.2. The van der Waals surface area contributed by atoms with Gasteiger partial charge in [-0.05, 0) is 89.6 Å². The van der Waals surface area contributed by atoms with Gasteiger partial charge in [-0.15, -0.1) is 0 Å². The summed E-state index contributed by atoms with van der Waals surface area (Å²) in [4.78, 5) is 30.7. The number of aliphatic imine (C=N–C) groups is 1. The number of carbonyl (C=O) groups excluding carboxylic acids is 1. The summed E-state index contributed by atoms with van der Waals surface area (Å²) in [5.41, 5.74) is 1.52. The van der Waals surface area contributed by atoms with E-state index >= 15 is 0 Å². The zero-order valence-electron chi connectivity index (χ0n) is 18.2. The van der Waals surface area contributed by atoms with Crippen molar-refractivity contribution in [2.45, 2.75) is 13.8 Å². The Morgan fingerprint density at radius 3 is 2.58 bits per heavy atom. The number of rotatable bonds is 9. The predicted octanol–water partition coefficient (Wildman–Crippen LogP) is 5.73. The second-order valence-corrected chi connectivity index (χ2v) is 8.63. The maximum absolute atomic E-state index is 13.0. The van der Waals surface area contributed by atoms with Gasteiger partial charge in [0.1, 0.15) is 6.61 Å². The Kier molecular flexibility index (Phi) is 8.35. The number of amides is 1. The van der Waals surface area contributed by atoms with Crippen molar-refractivity contribution in [3.8, 4) is 11.5 Å². The van der Waals surface area contributed by atoms with Gasteiger partial charge in [-0.1, -0.05) is 12.7 Å². The lowest BCUT2D eigenvalue weighted by atomic mass is 10.2. The van der Waals surface area contributed by atoms with Crippen LogP contribution in [0.3, 0.4) is 0 Å². The fourth-order valence-electron chi connectivity index (χ4n) is 3.03. The van der Waals surface area contributed by atoms with E-state index in [9.17, 15) is 9.59 Å². The molecule has 7 nitrogen and oxygen atoms in total. The highest BCUT2D eigenvalue weighted by Gasteiger charge is 2.32. The van der Waals surface area contributed by atoms with Gasteiger partial charge in [0.05, 0.1) is 27.2 Å². The van der Waals surface area contributed by atoms with Crippen LogP contribution in [0.25, 0.3) is 6.08 Å². The maximum Gasteiger partial charge on any atom is 0.335 e. The zero-order chi connectivity index (χ0) is 24.0. The molecule has 0 unspecified atom stereocenters. The summed E-state index contributed by atoms with van der Waals surface area (Å²) in [6, 6.07) is 9.88. The van der Waals surface area contributed by atoms with Crippen molar-refractivity contribution < 1.29 is 24.2 Å². The van der Waals surface area contributed by atoms with Crippen LogP contribution in [0.15, 0.2) is 63.4 Å². The molecule has 1 aliphatic heterocycles. The Hall–Kier alpha value is -3.04. The van der Waals surface area contributed by atoms with Crippen molar-refractivity contribution in [1.82, 2.24) is 4.90 Å². The van der Waals surface area contributed by atoms with Crippen LogP contribution < -0.4 is 9.47 Å². The first-order valence-electron chi connectivity index (χ1n) is 10.2. The number of likely N-dealkylation sites (N-methyl/N-ethyl adjacent to an activating group) is 1. The van der Waals surface area contributed by atoms with Gasteiger partial charge in [0.2, 0.25) is 0 Å². The molecule has 3 rings (SSSR count). The van der Waals surface area contributed by atoms with Gasteiger partial charge in [0.15, 0.2) is 16.7 Å². The SMILES string of the molecule is C=CCOc1c(Br)cc(C=C2SC(=Nc3ccc(C(=O)O)cc3)N(CC)C2=O)cc1OCC. The van der Waals surface area contributed by atoms with E-state index in [1.54, 1.807) is 29.2 Å². The zero-order valence-corrected chi connectivity index (χ0v) is 20.6. The minimum atomic E-state index is -1.00. The molecule has 172 valence electrons. The highest BCUT2D eigenvalue weighted by Crippen LogP contribution is 2.39. The van der Waals surface area contributed by atoms with Crippen LogP contribution in [0, 0.1) is 0 Å². The molecule has 0 radical (unpaired) electrons. The molecule has 0 aliphatic carbocycles. The van der Waals surface area contributed by atoms with Gasteiger partial charge >= 0.3 is 5.97 Å². The van der Waals surface area contributed by atoms with Gasteiger partial charge in [0, 0.05) is 6.54 Å². The number of halogens is 1. The summed E-state index contributed by atoms with van der Waals surface area (Å²) in [7, 11) is 0. The fourth-order valence-corrected chi connectivity index (χ4v) is 4.66. The molecule has 0 spiro atoms. The molecule has 1 fully saturated rings. The number of carboxylic acids is 1. The molecule has 1 aliphatic rings. The molecule has 0 saturated carbocycles. The number of hydrogen-bond donors (Lipinski definition) is 1. The average molecular weight is 531 g/mol. The van der Waals surface area contributed by atoms with Crippen LogP contribution in [-0.2, 0) is 4.79 Å². The maximum atomic E-state index is 13.0. The van der Waals surface area contributed by atoms with E-state index in [1.165, 1.54) is 23.9 Å². The Morgan fingerprint density at radius 1 is 1.24 bits per heavy atom. The Labute approximate surface area is 204 Å². The predicted molar refractivity (Wildman–Crippen MR) is 134 cm³/mol. The van der Waals surface area contributed by atoms with Crippen molar-refractivity contribution in [1.29, 1.82) is 0 Å². The van der Waals surface area contributed by atoms with Gasteiger partial charge in [-0.3, -0.25) is 9.69 Å². The number of aromatic carboxylic acids is 1. The number of nitrogens with zero attached hydrogens (tertiary/aromatic N) is 2. The van der Waals surface area contributed by atoms with Crippen molar-refractivity contribution in [3.05, 3.63) is 69.6 Å². The van der Waals surface area contributed by atoms with E-state index in [2.05, 4.69) is 27.5 Å². The Bertz CT molecular complexity index is 1130. The number of amidine groups is 1. The summed E-state index contributed by atoms with van der Waals surface area (Å²) in [5.74, 6) is -0.00897. The average Bonchev–Trinajstić information content (AvgIpc) is 3.07. The summed E-state index contributed by atoms with van der Waals surface area (Å²) in [6.07, 6.45) is 3.44. The molecule has 0 aromatic heterocycles. The standard InChI is InChI=1S/C24H23BrN2O5S/c1-4-11-32-21-18(25)12-15(13-19(21)31-6-3)14-20-22(28)27(5-2)24(33-20)26-17-9-7-16(8-10-17)23(29)30/h4,7-10,12-14H,1,5-6,11H2,2-3H3,(H,29,30). The Balaban J connectivity index is 1.93. The third-order valence-corrected chi connectivity index (χ3v) is 6.11. The highest BCUT2D eigenvalue weighted by molar-refractivity contribution is 9.10. The van der Waals surface area contributed by atoms with Crippen LogP contribution in [0.4, 0.5) is 5.69 Å². The van der Waals surface area contributed by atoms with Gasteiger partial charge in [-0.2, -0.15) is 0 Å². The first kappa shape index (κ1) is 24.6. The van der Waals surface area contributed by atoms with Gasteiger partial charge < -0.3 is 14.6 Å². The monoisotopic (exact) mass is 530 g/mol. The van der Waals surface area contributed by atoms with Crippen molar-refractivity contribution in [3.63, 3.8) is 0 Å². The lowest BCUT2D eigenvalue weighted by Crippen LogP contribution is -2.28. The molecule has 33 heavy (non-hydrogen) atoms. The quantitative estimate of drug-likeness (QED) is 0.328. The topological polar surface area (TPSA) is 88.4 Å². The molecular formula is C24H23BrN2O5S. The van der Waals surface area contributed by atoms with Gasteiger partial charge in [-0.25, -0.2) is 9.79 Å². The van der Waals surface area contributed by atoms with E-state index in [0.717, 1.165) is 5.56 Å². The summed E-state index contributed by atoms with van der Waals surface area (Å²) >= 11 is 4.79. The number of benzene rings is 2. The van der Waals surface area contributed by atoms with E-state index in [4.69, 9.17) is 14.6 Å². The molecule has 1 amide bonds. The van der Waals surface area contributed by atoms with Crippen LogP contribution in [-0.4, -0.2) is 46.8 Å². The minimum Gasteiger partial charge on any atom is -0.490 e. The molecule has 1 saturated heterocycles. The molecule has 0 bridgehead atoms. The van der Waals surface area contributed by atoms with Crippen molar-refractivity contribution in [2.24, 2.45) is 4.99 Å². The number of carbonyl (C=O) groups is 2. The lowest BCUT2D eigenvalue weighted by Gasteiger charge is -2.14.